The van der Waals surface area contributed by atoms with E-state index in [1.54, 1.807) is 24.3 Å². The summed E-state index contributed by atoms with van der Waals surface area (Å²) in [6.07, 6.45) is 0.798. The molecule has 1 atom stereocenters. The summed E-state index contributed by atoms with van der Waals surface area (Å²) >= 11 is 0. The number of methoxy groups -OCH3 is 1. The molecule has 0 aliphatic rings. The number of anilines is 1. The largest absolute Gasteiger partial charge is 0.465 e. The third kappa shape index (κ3) is 3.59. The number of rotatable bonds is 4. The molecular weight excluding hydrogens is 218 g/mol. The zero-order valence-electron chi connectivity index (χ0n) is 10.3. The lowest BCUT2D eigenvalue weighted by atomic mass is 10.1. The third-order valence-corrected chi connectivity index (χ3v) is 2.63. The Balaban J connectivity index is 2.69. The van der Waals surface area contributed by atoms with Gasteiger partial charge in [-0.1, -0.05) is 13.8 Å². The van der Waals surface area contributed by atoms with Crippen molar-refractivity contribution >= 4 is 17.6 Å². The van der Waals surface area contributed by atoms with Gasteiger partial charge in [0.15, 0.2) is 0 Å². The predicted molar refractivity (Wildman–Crippen MR) is 65.9 cm³/mol. The van der Waals surface area contributed by atoms with E-state index in [4.69, 9.17) is 0 Å². The van der Waals surface area contributed by atoms with Crippen LogP contribution in [0.1, 0.15) is 30.6 Å². The van der Waals surface area contributed by atoms with Gasteiger partial charge in [0.25, 0.3) is 0 Å². The lowest BCUT2D eigenvalue weighted by molar-refractivity contribution is -0.119. The summed E-state index contributed by atoms with van der Waals surface area (Å²) in [5.41, 5.74) is 1.15. The van der Waals surface area contributed by atoms with Crippen molar-refractivity contribution in [3.8, 4) is 0 Å². The number of ether oxygens (including phenoxy) is 1. The second-order valence-electron chi connectivity index (χ2n) is 3.87. The average molecular weight is 235 g/mol. The molecule has 4 nitrogen and oxygen atoms in total. The van der Waals surface area contributed by atoms with E-state index >= 15 is 0 Å². The molecule has 0 aromatic heterocycles. The van der Waals surface area contributed by atoms with Gasteiger partial charge in [-0.2, -0.15) is 0 Å². The summed E-state index contributed by atoms with van der Waals surface area (Å²) in [7, 11) is 1.33. The Morgan fingerprint density at radius 2 is 1.88 bits per heavy atom. The Morgan fingerprint density at radius 1 is 1.29 bits per heavy atom. The quantitative estimate of drug-likeness (QED) is 0.815. The molecule has 0 spiro atoms. The first-order valence-corrected chi connectivity index (χ1v) is 5.57. The van der Waals surface area contributed by atoms with Crippen LogP contribution in [0.15, 0.2) is 24.3 Å². The molecule has 0 radical (unpaired) electrons. The Kier molecular flexibility index (Phi) is 4.69. The van der Waals surface area contributed by atoms with Gasteiger partial charge in [-0.25, -0.2) is 4.79 Å². The molecule has 4 heteroatoms. The molecule has 1 unspecified atom stereocenters. The Bertz CT molecular complexity index is 398. The van der Waals surface area contributed by atoms with E-state index in [-0.39, 0.29) is 17.8 Å². The maximum atomic E-state index is 11.6. The van der Waals surface area contributed by atoms with Gasteiger partial charge in [0.05, 0.1) is 12.7 Å². The first kappa shape index (κ1) is 13.2. The molecule has 1 aromatic rings. The van der Waals surface area contributed by atoms with E-state index in [2.05, 4.69) is 10.1 Å². The number of carbonyl (C=O) groups excluding carboxylic acids is 2. The number of carbonyl (C=O) groups is 2. The maximum absolute atomic E-state index is 11.6. The molecule has 0 aliphatic heterocycles. The van der Waals surface area contributed by atoms with E-state index in [0.29, 0.717) is 11.3 Å². The van der Waals surface area contributed by atoms with Gasteiger partial charge < -0.3 is 10.1 Å². The molecule has 0 fully saturated rings. The normalized spacial score (nSPS) is 11.7. The molecule has 0 heterocycles. The molecule has 1 aromatic carbocycles. The fourth-order valence-corrected chi connectivity index (χ4v) is 1.26. The van der Waals surface area contributed by atoms with Gasteiger partial charge in [-0.15, -0.1) is 0 Å². The molecule has 0 saturated heterocycles. The van der Waals surface area contributed by atoms with E-state index in [9.17, 15) is 9.59 Å². The number of esters is 1. The number of amides is 1. The molecule has 0 bridgehead atoms. The van der Waals surface area contributed by atoms with Crippen LogP contribution in [0.2, 0.25) is 0 Å². The molecule has 92 valence electrons. The third-order valence-electron chi connectivity index (χ3n) is 2.63. The Labute approximate surface area is 101 Å². The highest BCUT2D eigenvalue weighted by Gasteiger charge is 2.11. The zero-order chi connectivity index (χ0) is 12.8. The van der Waals surface area contributed by atoms with Gasteiger partial charge >= 0.3 is 5.97 Å². The maximum Gasteiger partial charge on any atom is 0.337 e. The molecule has 1 rings (SSSR count). The highest BCUT2D eigenvalue weighted by molar-refractivity contribution is 5.93. The van der Waals surface area contributed by atoms with Crippen LogP contribution in [0.5, 0.6) is 0 Å². The van der Waals surface area contributed by atoms with Crippen LogP contribution < -0.4 is 5.32 Å². The number of benzene rings is 1. The standard InChI is InChI=1S/C13H17NO3/c1-4-9(2)12(15)14-11-7-5-10(6-8-11)13(16)17-3/h5-9H,4H2,1-3H3,(H,14,15). The summed E-state index contributed by atoms with van der Waals surface area (Å²) in [6, 6.07) is 6.62. The molecule has 0 aliphatic carbocycles. The SMILES string of the molecule is CCC(C)C(=O)Nc1ccc(C(=O)OC)cc1. The summed E-state index contributed by atoms with van der Waals surface area (Å²) in [5.74, 6) is -0.418. The van der Waals surface area contributed by atoms with Crippen molar-refractivity contribution in [2.75, 3.05) is 12.4 Å². The van der Waals surface area contributed by atoms with Crippen molar-refractivity contribution in [3.05, 3.63) is 29.8 Å². The molecule has 17 heavy (non-hydrogen) atoms. The molecule has 1 amide bonds. The van der Waals surface area contributed by atoms with Crippen LogP contribution >= 0.6 is 0 Å². The van der Waals surface area contributed by atoms with Gasteiger partial charge in [0.1, 0.15) is 0 Å². The first-order valence-electron chi connectivity index (χ1n) is 5.57. The zero-order valence-corrected chi connectivity index (χ0v) is 10.3. The van der Waals surface area contributed by atoms with Gasteiger partial charge in [0.2, 0.25) is 5.91 Å². The molecule has 0 saturated carbocycles. The van der Waals surface area contributed by atoms with Crippen molar-refractivity contribution in [1.82, 2.24) is 0 Å². The summed E-state index contributed by atoms with van der Waals surface area (Å²) in [5, 5.41) is 2.79. The minimum atomic E-state index is -0.384. The first-order chi connectivity index (χ1) is 8.08. The van der Waals surface area contributed by atoms with Crippen LogP contribution in [0.3, 0.4) is 0 Å². The second kappa shape index (κ2) is 6.03. The van der Waals surface area contributed by atoms with E-state index in [1.165, 1.54) is 7.11 Å². The number of hydrogen-bond donors (Lipinski definition) is 1. The lowest BCUT2D eigenvalue weighted by Crippen LogP contribution is -2.19. The van der Waals surface area contributed by atoms with Crippen LogP contribution in [-0.2, 0) is 9.53 Å². The summed E-state index contributed by atoms with van der Waals surface area (Å²) < 4.78 is 4.59. The average Bonchev–Trinajstić information content (AvgIpc) is 2.37. The minimum absolute atomic E-state index is 0.0154. The predicted octanol–water partition coefficient (Wildman–Crippen LogP) is 2.46. The highest BCUT2D eigenvalue weighted by Crippen LogP contribution is 2.12. The van der Waals surface area contributed by atoms with Crippen molar-refractivity contribution in [1.29, 1.82) is 0 Å². The van der Waals surface area contributed by atoms with Gasteiger partial charge in [0, 0.05) is 11.6 Å². The number of nitrogens with one attached hydrogen (secondary N) is 1. The summed E-state index contributed by atoms with van der Waals surface area (Å²) in [4.78, 5) is 22.8. The molecule has 1 N–H and O–H groups in total. The second-order valence-corrected chi connectivity index (χ2v) is 3.87. The topological polar surface area (TPSA) is 55.4 Å². The van der Waals surface area contributed by atoms with Crippen LogP contribution in [-0.4, -0.2) is 19.0 Å². The fraction of sp³-hybridized carbons (Fsp3) is 0.385. The smallest absolute Gasteiger partial charge is 0.337 e. The van der Waals surface area contributed by atoms with Gasteiger partial charge in [-0.05, 0) is 30.7 Å². The van der Waals surface area contributed by atoms with Crippen molar-refractivity contribution in [2.24, 2.45) is 5.92 Å². The molecular formula is C13H17NO3. The van der Waals surface area contributed by atoms with Crippen LogP contribution in [0.4, 0.5) is 5.69 Å². The van der Waals surface area contributed by atoms with Crippen molar-refractivity contribution in [2.45, 2.75) is 20.3 Å². The lowest BCUT2D eigenvalue weighted by Gasteiger charge is -2.10. The van der Waals surface area contributed by atoms with E-state index in [1.807, 2.05) is 13.8 Å². The Morgan fingerprint density at radius 3 is 2.35 bits per heavy atom. The van der Waals surface area contributed by atoms with Crippen molar-refractivity contribution < 1.29 is 14.3 Å². The minimum Gasteiger partial charge on any atom is -0.465 e. The Hall–Kier alpha value is -1.84. The fourth-order valence-electron chi connectivity index (χ4n) is 1.26. The van der Waals surface area contributed by atoms with E-state index in [0.717, 1.165) is 6.42 Å². The van der Waals surface area contributed by atoms with Gasteiger partial charge in [-0.3, -0.25) is 4.79 Å². The number of hydrogen-bond acceptors (Lipinski definition) is 3. The summed E-state index contributed by atoms with van der Waals surface area (Å²) in [6.45, 7) is 3.84. The van der Waals surface area contributed by atoms with Crippen molar-refractivity contribution in [3.63, 3.8) is 0 Å². The van der Waals surface area contributed by atoms with E-state index < -0.39 is 0 Å². The highest BCUT2D eigenvalue weighted by atomic mass is 16.5. The van der Waals surface area contributed by atoms with Crippen LogP contribution in [0, 0.1) is 5.92 Å². The monoisotopic (exact) mass is 235 g/mol. The van der Waals surface area contributed by atoms with Crippen LogP contribution in [0.25, 0.3) is 0 Å².